The van der Waals surface area contributed by atoms with Gasteiger partial charge in [0.05, 0.1) is 24.3 Å². The molecule has 2 saturated heterocycles. The van der Waals surface area contributed by atoms with Gasteiger partial charge < -0.3 is 9.47 Å². The van der Waals surface area contributed by atoms with Crippen LogP contribution in [0.1, 0.15) is 27.2 Å². The standard InChI is InChI=1S/C10H19BO2/c1-4-10-5-12-8(9(11)13-10)7(10)6(2)3/h6-9H,4-5,11H2,1-3H3/t7-,8?,9+,10?/m1/s1. The maximum absolute atomic E-state index is 6.05. The number of fused-ring (bicyclic) bond motifs is 2. The Balaban J connectivity index is 2.26. The van der Waals surface area contributed by atoms with Crippen molar-refractivity contribution < 1.29 is 9.47 Å². The van der Waals surface area contributed by atoms with Crippen LogP contribution in [0.25, 0.3) is 0 Å². The van der Waals surface area contributed by atoms with Crippen LogP contribution in [0, 0.1) is 11.8 Å². The summed E-state index contributed by atoms with van der Waals surface area (Å²) < 4.78 is 11.9. The van der Waals surface area contributed by atoms with E-state index in [0.29, 0.717) is 23.9 Å². The van der Waals surface area contributed by atoms with Crippen molar-refractivity contribution >= 4 is 7.85 Å². The number of rotatable bonds is 2. The molecule has 2 bridgehead atoms. The van der Waals surface area contributed by atoms with Crippen LogP contribution in [0.4, 0.5) is 0 Å². The fraction of sp³-hybridized carbons (Fsp3) is 1.00. The van der Waals surface area contributed by atoms with Gasteiger partial charge in [-0.1, -0.05) is 20.8 Å². The Hall–Kier alpha value is -0.0151. The molecule has 2 nitrogen and oxygen atoms in total. The van der Waals surface area contributed by atoms with Gasteiger partial charge in [-0.05, 0) is 12.3 Å². The van der Waals surface area contributed by atoms with Crippen molar-refractivity contribution in [2.24, 2.45) is 11.8 Å². The second-order valence-corrected chi connectivity index (χ2v) is 4.79. The van der Waals surface area contributed by atoms with E-state index in [1.165, 1.54) is 0 Å². The molecule has 0 amide bonds. The highest BCUT2D eigenvalue weighted by molar-refractivity contribution is 6.11. The summed E-state index contributed by atoms with van der Waals surface area (Å²) in [4.78, 5) is 0. The Morgan fingerprint density at radius 1 is 1.54 bits per heavy atom. The minimum atomic E-state index is 0.0399. The quantitative estimate of drug-likeness (QED) is 0.588. The second-order valence-electron chi connectivity index (χ2n) is 4.79. The van der Waals surface area contributed by atoms with Crippen molar-refractivity contribution in [3.63, 3.8) is 0 Å². The Kier molecular flexibility index (Phi) is 2.19. The van der Waals surface area contributed by atoms with Gasteiger partial charge in [0.1, 0.15) is 7.85 Å². The smallest absolute Gasteiger partial charge is 0.142 e. The molecule has 4 atom stereocenters. The molecule has 0 aliphatic carbocycles. The van der Waals surface area contributed by atoms with Crippen LogP contribution >= 0.6 is 0 Å². The third-order valence-corrected chi connectivity index (χ3v) is 3.68. The molecule has 0 aromatic heterocycles. The first-order chi connectivity index (χ1) is 6.10. The highest BCUT2D eigenvalue weighted by atomic mass is 16.6. The Morgan fingerprint density at radius 3 is 2.62 bits per heavy atom. The summed E-state index contributed by atoms with van der Waals surface area (Å²) in [6, 6.07) is 0.293. The predicted octanol–water partition coefficient (Wildman–Crippen LogP) is 0.796. The largest absolute Gasteiger partial charge is 0.375 e. The van der Waals surface area contributed by atoms with Gasteiger partial charge >= 0.3 is 0 Å². The molecule has 0 saturated carbocycles. The number of ether oxygens (including phenoxy) is 2. The number of hydrogen-bond donors (Lipinski definition) is 0. The molecule has 2 aliphatic heterocycles. The van der Waals surface area contributed by atoms with Gasteiger partial charge in [-0.2, -0.15) is 0 Å². The molecule has 2 aliphatic rings. The zero-order valence-electron chi connectivity index (χ0n) is 9.04. The van der Waals surface area contributed by atoms with Crippen molar-refractivity contribution in [1.82, 2.24) is 0 Å². The van der Waals surface area contributed by atoms with Crippen molar-refractivity contribution in [2.75, 3.05) is 6.61 Å². The average Bonchev–Trinajstić information content (AvgIpc) is 2.56. The summed E-state index contributed by atoms with van der Waals surface area (Å²) >= 11 is 0. The van der Waals surface area contributed by atoms with Crippen LogP contribution in [-0.4, -0.2) is 32.2 Å². The molecule has 2 heterocycles. The fourth-order valence-electron chi connectivity index (χ4n) is 3.12. The summed E-state index contributed by atoms with van der Waals surface area (Å²) in [7, 11) is 2.14. The van der Waals surface area contributed by atoms with E-state index in [0.717, 1.165) is 13.0 Å². The molecule has 2 unspecified atom stereocenters. The van der Waals surface area contributed by atoms with E-state index in [9.17, 15) is 0 Å². The molecule has 2 rings (SSSR count). The Labute approximate surface area is 81.4 Å². The van der Waals surface area contributed by atoms with Gasteiger partial charge in [0, 0.05) is 5.92 Å². The normalized spacial score (nSPS) is 49.1. The van der Waals surface area contributed by atoms with Crippen LogP contribution in [0.5, 0.6) is 0 Å². The maximum Gasteiger partial charge on any atom is 0.142 e. The lowest BCUT2D eigenvalue weighted by molar-refractivity contribution is -0.116. The molecular weight excluding hydrogens is 163 g/mol. The van der Waals surface area contributed by atoms with E-state index in [1.54, 1.807) is 0 Å². The highest BCUT2D eigenvalue weighted by Crippen LogP contribution is 2.48. The van der Waals surface area contributed by atoms with Gasteiger partial charge in [0.2, 0.25) is 0 Å². The van der Waals surface area contributed by atoms with Crippen molar-refractivity contribution in [3.8, 4) is 0 Å². The lowest BCUT2D eigenvalue weighted by atomic mass is 9.76. The third kappa shape index (κ3) is 1.17. The average molecular weight is 182 g/mol. The summed E-state index contributed by atoms with van der Waals surface area (Å²) in [5.41, 5.74) is 0.0399. The first-order valence-corrected chi connectivity index (χ1v) is 5.40. The van der Waals surface area contributed by atoms with Crippen LogP contribution < -0.4 is 0 Å². The summed E-state index contributed by atoms with van der Waals surface area (Å²) in [6.07, 6.45) is 1.43. The topological polar surface area (TPSA) is 18.5 Å². The first-order valence-electron chi connectivity index (χ1n) is 5.40. The lowest BCUT2D eigenvalue weighted by Crippen LogP contribution is -2.39. The van der Waals surface area contributed by atoms with E-state index in [1.807, 2.05) is 0 Å². The SMILES string of the molecule is B[C@H]1OC2(CC)COC1[C@H]2C(C)C. The molecule has 2 fully saturated rings. The third-order valence-electron chi connectivity index (χ3n) is 3.68. The zero-order valence-corrected chi connectivity index (χ0v) is 9.04. The summed E-state index contributed by atoms with van der Waals surface area (Å²) in [6.45, 7) is 7.57. The van der Waals surface area contributed by atoms with E-state index in [2.05, 4.69) is 28.6 Å². The zero-order chi connectivity index (χ0) is 9.64. The van der Waals surface area contributed by atoms with E-state index in [-0.39, 0.29) is 5.60 Å². The molecule has 0 radical (unpaired) electrons. The lowest BCUT2D eigenvalue weighted by Gasteiger charge is -2.31. The van der Waals surface area contributed by atoms with E-state index < -0.39 is 0 Å². The molecule has 3 heteroatoms. The van der Waals surface area contributed by atoms with E-state index >= 15 is 0 Å². The Bertz CT molecular complexity index is 207. The first kappa shape index (κ1) is 9.54. The minimum absolute atomic E-state index is 0.0399. The van der Waals surface area contributed by atoms with Crippen molar-refractivity contribution in [2.45, 2.75) is 44.9 Å². The van der Waals surface area contributed by atoms with Gasteiger partial charge in [-0.25, -0.2) is 0 Å². The van der Waals surface area contributed by atoms with Crippen molar-refractivity contribution in [1.29, 1.82) is 0 Å². The minimum Gasteiger partial charge on any atom is -0.375 e. The Morgan fingerprint density at radius 2 is 2.23 bits per heavy atom. The fourth-order valence-corrected chi connectivity index (χ4v) is 3.12. The molecule has 0 aromatic carbocycles. The van der Waals surface area contributed by atoms with Crippen molar-refractivity contribution in [3.05, 3.63) is 0 Å². The predicted molar refractivity (Wildman–Crippen MR) is 54.5 cm³/mol. The van der Waals surface area contributed by atoms with Crippen LogP contribution in [-0.2, 0) is 9.47 Å². The van der Waals surface area contributed by atoms with Gasteiger partial charge in [0.15, 0.2) is 0 Å². The molecule has 0 spiro atoms. The van der Waals surface area contributed by atoms with E-state index in [4.69, 9.17) is 9.47 Å². The summed E-state index contributed by atoms with van der Waals surface area (Å²) in [5.74, 6) is 1.27. The maximum atomic E-state index is 6.05. The molecular formula is C10H19BO2. The van der Waals surface area contributed by atoms with Gasteiger partial charge in [0.25, 0.3) is 0 Å². The van der Waals surface area contributed by atoms with Gasteiger partial charge in [-0.3, -0.25) is 0 Å². The molecule has 0 N–H and O–H groups in total. The summed E-state index contributed by atoms with van der Waals surface area (Å²) in [5, 5.41) is 0. The van der Waals surface area contributed by atoms with Crippen LogP contribution in [0.15, 0.2) is 0 Å². The second kappa shape index (κ2) is 2.99. The van der Waals surface area contributed by atoms with Gasteiger partial charge in [-0.15, -0.1) is 0 Å². The molecule has 74 valence electrons. The van der Waals surface area contributed by atoms with Crippen LogP contribution in [0.3, 0.4) is 0 Å². The highest BCUT2D eigenvalue weighted by Gasteiger charge is 2.59. The molecule has 13 heavy (non-hydrogen) atoms. The monoisotopic (exact) mass is 182 g/mol. The number of hydrogen-bond acceptors (Lipinski definition) is 2. The molecule has 0 aromatic rings. The van der Waals surface area contributed by atoms with Crippen LogP contribution in [0.2, 0.25) is 0 Å².